The zero-order valence-corrected chi connectivity index (χ0v) is 10.8. The van der Waals surface area contributed by atoms with E-state index in [1.807, 2.05) is 0 Å². The minimum atomic E-state index is 0.374. The van der Waals surface area contributed by atoms with Crippen LogP contribution in [0.2, 0.25) is 0 Å². The molecule has 0 radical (unpaired) electrons. The molecule has 16 heavy (non-hydrogen) atoms. The van der Waals surface area contributed by atoms with Gasteiger partial charge < -0.3 is 10.5 Å². The summed E-state index contributed by atoms with van der Waals surface area (Å²) in [7, 11) is 0. The molecule has 2 N–H and O–H groups in total. The first kappa shape index (κ1) is 13.5. The zero-order valence-electron chi connectivity index (χ0n) is 10.8. The Morgan fingerprint density at radius 1 is 1.38 bits per heavy atom. The van der Waals surface area contributed by atoms with Crippen LogP contribution in [0.25, 0.3) is 0 Å². The van der Waals surface area contributed by atoms with E-state index in [0.29, 0.717) is 23.9 Å². The highest BCUT2D eigenvalue weighted by Crippen LogP contribution is 2.23. The predicted octanol–water partition coefficient (Wildman–Crippen LogP) is 1.40. The Bertz CT molecular complexity index is 228. The monoisotopic (exact) mass is 227 g/mol. The summed E-state index contributed by atoms with van der Waals surface area (Å²) < 4.78 is 0. The van der Waals surface area contributed by atoms with Crippen molar-refractivity contribution in [2.45, 2.75) is 39.8 Å². The van der Waals surface area contributed by atoms with Crippen LogP contribution in [0.5, 0.6) is 0 Å². The molecule has 0 saturated carbocycles. The summed E-state index contributed by atoms with van der Waals surface area (Å²) in [5.41, 5.74) is 0. The summed E-state index contributed by atoms with van der Waals surface area (Å²) in [6.07, 6.45) is 1.69. The van der Waals surface area contributed by atoms with Crippen LogP contribution in [0.1, 0.15) is 27.7 Å². The molecule has 0 amide bonds. The van der Waals surface area contributed by atoms with Crippen LogP contribution >= 0.6 is 0 Å². The molecule has 1 fully saturated rings. The maximum absolute atomic E-state index is 8.68. The molecule has 1 saturated heterocycles. The number of rotatable bonds is 5. The Kier molecular flexibility index (Phi) is 5.22. The summed E-state index contributed by atoms with van der Waals surface area (Å²) in [6, 6.07) is 1.08. The Labute approximate surface area is 98.7 Å². The van der Waals surface area contributed by atoms with E-state index in [4.69, 9.17) is 5.21 Å². The van der Waals surface area contributed by atoms with Gasteiger partial charge in [0.1, 0.15) is 0 Å². The molecular formula is C12H25N3O. The van der Waals surface area contributed by atoms with Crippen LogP contribution < -0.4 is 5.32 Å². The van der Waals surface area contributed by atoms with E-state index in [2.05, 4.69) is 43.1 Å². The Hall–Kier alpha value is -0.610. The molecule has 4 heteroatoms. The highest BCUT2D eigenvalue weighted by molar-refractivity contribution is 5.61. The molecule has 1 heterocycles. The average molecular weight is 227 g/mol. The van der Waals surface area contributed by atoms with E-state index in [-0.39, 0.29) is 0 Å². The predicted molar refractivity (Wildman–Crippen MR) is 67.1 cm³/mol. The number of nitrogens with one attached hydrogen (secondary N) is 1. The normalized spacial score (nSPS) is 27.6. The van der Waals surface area contributed by atoms with Gasteiger partial charge in [-0.1, -0.05) is 13.8 Å². The SMILES string of the molecule is CC(C)NCC1CN(C(C)C)CC1C=NO. The highest BCUT2D eigenvalue weighted by Gasteiger charge is 2.32. The Morgan fingerprint density at radius 3 is 2.56 bits per heavy atom. The standard InChI is InChI=1S/C12H25N3O/c1-9(2)13-5-11-7-15(10(3)4)8-12(11)6-14-16/h6,9-13,16H,5,7-8H2,1-4H3. The van der Waals surface area contributed by atoms with Gasteiger partial charge in [0, 0.05) is 43.9 Å². The van der Waals surface area contributed by atoms with Gasteiger partial charge in [0.05, 0.1) is 0 Å². The molecule has 0 bridgehead atoms. The molecule has 1 aliphatic rings. The summed E-state index contributed by atoms with van der Waals surface area (Å²) in [4.78, 5) is 2.44. The number of hydrogen-bond acceptors (Lipinski definition) is 4. The second kappa shape index (κ2) is 6.21. The summed E-state index contributed by atoms with van der Waals surface area (Å²) >= 11 is 0. The average Bonchev–Trinajstić information content (AvgIpc) is 2.59. The minimum Gasteiger partial charge on any atom is -0.411 e. The quantitative estimate of drug-likeness (QED) is 0.424. The van der Waals surface area contributed by atoms with Crippen LogP contribution in [0.3, 0.4) is 0 Å². The van der Waals surface area contributed by atoms with Crippen LogP contribution in [0.15, 0.2) is 5.16 Å². The fourth-order valence-corrected chi connectivity index (χ4v) is 2.21. The molecule has 0 aromatic carbocycles. The van der Waals surface area contributed by atoms with Crippen molar-refractivity contribution in [3.05, 3.63) is 0 Å². The molecule has 0 spiro atoms. The van der Waals surface area contributed by atoms with E-state index in [0.717, 1.165) is 19.6 Å². The smallest absolute Gasteiger partial charge is 0.0483 e. The maximum atomic E-state index is 8.68. The molecule has 0 aliphatic carbocycles. The largest absolute Gasteiger partial charge is 0.411 e. The van der Waals surface area contributed by atoms with E-state index < -0.39 is 0 Å². The lowest BCUT2D eigenvalue weighted by Gasteiger charge is -2.20. The maximum Gasteiger partial charge on any atom is 0.0483 e. The van der Waals surface area contributed by atoms with Crippen molar-refractivity contribution in [2.75, 3.05) is 19.6 Å². The van der Waals surface area contributed by atoms with Gasteiger partial charge in [-0.25, -0.2) is 0 Å². The molecule has 94 valence electrons. The van der Waals surface area contributed by atoms with Gasteiger partial charge in [0.25, 0.3) is 0 Å². The fourth-order valence-electron chi connectivity index (χ4n) is 2.21. The second-order valence-electron chi connectivity index (χ2n) is 5.30. The lowest BCUT2D eigenvalue weighted by atomic mass is 9.97. The van der Waals surface area contributed by atoms with Crippen LogP contribution in [0, 0.1) is 11.8 Å². The Morgan fingerprint density at radius 2 is 2.06 bits per heavy atom. The second-order valence-corrected chi connectivity index (χ2v) is 5.30. The third-order valence-electron chi connectivity index (χ3n) is 3.30. The summed E-state index contributed by atoms with van der Waals surface area (Å²) in [6.45, 7) is 11.8. The topological polar surface area (TPSA) is 47.9 Å². The van der Waals surface area contributed by atoms with Crippen molar-refractivity contribution in [1.29, 1.82) is 0 Å². The molecule has 1 rings (SSSR count). The minimum absolute atomic E-state index is 0.374. The number of likely N-dealkylation sites (tertiary alicyclic amines) is 1. The molecule has 2 atom stereocenters. The molecule has 4 nitrogen and oxygen atoms in total. The van der Waals surface area contributed by atoms with Gasteiger partial charge in [0.15, 0.2) is 0 Å². The molecule has 0 aromatic heterocycles. The fraction of sp³-hybridized carbons (Fsp3) is 0.917. The van der Waals surface area contributed by atoms with Crippen molar-refractivity contribution in [2.24, 2.45) is 17.0 Å². The number of oxime groups is 1. The molecule has 1 aliphatic heterocycles. The first-order valence-corrected chi connectivity index (χ1v) is 6.19. The van der Waals surface area contributed by atoms with Gasteiger partial charge in [-0.2, -0.15) is 0 Å². The lowest BCUT2D eigenvalue weighted by Crippen LogP contribution is -2.33. The van der Waals surface area contributed by atoms with Crippen LogP contribution in [0.4, 0.5) is 0 Å². The molecule has 2 unspecified atom stereocenters. The van der Waals surface area contributed by atoms with Gasteiger partial charge >= 0.3 is 0 Å². The Balaban J connectivity index is 2.51. The van der Waals surface area contributed by atoms with Crippen molar-refractivity contribution >= 4 is 6.21 Å². The van der Waals surface area contributed by atoms with Crippen LogP contribution in [-0.4, -0.2) is 48.0 Å². The highest BCUT2D eigenvalue weighted by atomic mass is 16.4. The third-order valence-corrected chi connectivity index (χ3v) is 3.30. The molecule has 0 aromatic rings. The number of hydrogen-bond donors (Lipinski definition) is 2. The third kappa shape index (κ3) is 3.76. The van der Waals surface area contributed by atoms with E-state index in [9.17, 15) is 0 Å². The number of nitrogens with zero attached hydrogens (tertiary/aromatic N) is 2. The molecular weight excluding hydrogens is 202 g/mol. The van der Waals surface area contributed by atoms with Gasteiger partial charge in [0.2, 0.25) is 0 Å². The van der Waals surface area contributed by atoms with Gasteiger partial charge in [-0.3, -0.25) is 4.90 Å². The van der Waals surface area contributed by atoms with Crippen molar-refractivity contribution in [1.82, 2.24) is 10.2 Å². The van der Waals surface area contributed by atoms with Crippen molar-refractivity contribution in [3.8, 4) is 0 Å². The first-order chi connectivity index (χ1) is 7.54. The van der Waals surface area contributed by atoms with Gasteiger partial charge in [-0.15, -0.1) is 5.16 Å². The van der Waals surface area contributed by atoms with Crippen molar-refractivity contribution in [3.63, 3.8) is 0 Å². The first-order valence-electron chi connectivity index (χ1n) is 6.19. The van der Waals surface area contributed by atoms with Crippen molar-refractivity contribution < 1.29 is 5.21 Å². The summed E-state index contributed by atoms with van der Waals surface area (Å²) in [5.74, 6) is 0.930. The lowest BCUT2D eigenvalue weighted by molar-refractivity contribution is 0.262. The van der Waals surface area contributed by atoms with Gasteiger partial charge in [-0.05, 0) is 19.8 Å². The van der Waals surface area contributed by atoms with E-state index >= 15 is 0 Å². The van der Waals surface area contributed by atoms with E-state index in [1.54, 1.807) is 6.21 Å². The summed E-state index contributed by atoms with van der Waals surface area (Å²) in [5, 5.41) is 15.4. The van der Waals surface area contributed by atoms with E-state index in [1.165, 1.54) is 0 Å². The zero-order chi connectivity index (χ0) is 12.1. The van der Waals surface area contributed by atoms with Crippen LogP contribution in [-0.2, 0) is 0 Å².